The van der Waals surface area contributed by atoms with E-state index in [4.69, 9.17) is 0 Å². The van der Waals surface area contributed by atoms with E-state index in [9.17, 15) is 54.2 Å². The standard InChI is InChI=1S/C24H17F10NO4/c25-20(26)38-18-6-3-15(12-19(18)39-21(27)28)17(11-13-7-9-35(37)10-8-13)14-1-4-16(5-2-14)22(36,23(29,30)31)24(32,33)34/h1-10,12,17,20-21,36H,11H2. The van der Waals surface area contributed by atoms with Gasteiger partial charge in [-0.05, 0) is 35.2 Å². The minimum Gasteiger partial charge on any atom is -0.619 e. The van der Waals surface area contributed by atoms with Crippen LogP contribution in [0, 0.1) is 5.21 Å². The Morgan fingerprint density at radius 1 is 0.718 bits per heavy atom. The molecule has 5 nitrogen and oxygen atoms in total. The molecule has 1 N–H and O–H groups in total. The highest BCUT2D eigenvalue weighted by atomic mass is 19.4. The lowest BCUT2D eigenvalue weighted by Crippen LogP contribution is -2.53. The third-order valence-electron chi connectivity index (χ3n) is 5.66. The molecule has 39 heavy (non-hydrogen) atoms. The molecule has 0 aliphatic carbocycles. The van der Waals surface area contributed by atoms with Crippen LogP contribution >= 0.6 is 0 Å². The van der Waals surface area contributed by atoms with Crippen molar-refractivity contribution in [2.45, 2.75) is 43.5 Å². The van der Waals surface area contributed by atoms with Crippen molar-refractivity contribution in [1.29, 1.82) is 0 Å². The van der Waals surface area contributed by atoms with Crippen molar-refractivity contribution >= 4 is 0 Å². The van der Waals surface area contributed by atoms with Crippen molar-refractivity contribution in [1.82, 2.24) is 0 Å². The van der Waals surface area contributed by atoms with Gasteiger partial charge in [-0.15, -0.1) is 0 Å². The number of pyridine rings is 1. The van der Waals surface area contributed by atoms with Gasteiger partial charge in [0.15, 0.2) is 23.9 Å². The van der Waals surface area contributed by atoms with Gasteiger partial charge in [-0.3, -0.25) is 0 Å². The molecular weight excluding hydrogens is 556 g/mol. The zero-order valence-electron chi connectivity index (χ0n) is 19.2. The highest BCUT2D eigenvalue weighted by Crippen LogP contribution is 2.50. The monoisotopic (exact) mass is 573 g/mol. The first-order chi connectivity index (χ1) is 18.0. The molecule has 3 rings (SSSR count). The Morgan fingerprint density at radius 3 is 1.69 bits per heavy atom. The van der Waals surface area contributed by atoms with E-state index in [0.717, 1.165) is 42.7 Å². The van der Waals surface area contributed by atoms with Crippen LogP contribution in [0.2, 0.25) is 0 Å². The topological polar surface area (TPSA) is 65.6 Å². The van der Waals surface area contributed by atoms with E-state index in [1.165, 1.54) is 12.1 Å². The minimum atomic E-state index is -6.12. The Hall–Kier alpha value is -3.75. The first kappa shape index (κ1) is 29.8. The highest BCUT2D eigenvalue weighted by Gasteiger charge is 2.71. The van der Waals surface area contributed by atoms with Crippen LogP contribution in [-0.2, 0) is 12.0 Å². The molecule has 1 heterocycles. The summed E-state index contributed by atoms with van der Waals surface area (Å²) in [7, 11) is 0. The first-order valence-electron chi connectivity index (χ1n) is 10.7. The van der Waals surface area contributed by atoms with Crippen molar-refractivity contribution in [2.24, 2.45) is 0 Å². The van der Waals surface area contributed by atoms with Crippen LogP contribution in [0.15, 0.2) is 67.0 Å². The van der Waals surface area contributed by atoms with E-state index in [0.29, 0.717) is 22.4 Å². The lowest BCUT2D eigenvalue weighted by molar-refractivity contribution is -0.605. The van der Waals surface area contributed by atoms with Gasteiger partial charge in [-0.25, -0.2) is 0 Å². The van der Waals surface area contributed by atoms with Crippen LogP contribution < -0.4 is 14.2 Å². The van der Waals surface area contributed by atoms with Gasteiger partial charge in [0.05, 0.1) is 0 Å². The number of hydrogen-bond acceptors (Lipinski definition) is 4. The van der Waals surface area contributed by atoms with Gasteiger partial charge in [-0.2, -0.15) is 48.6 Å². The molecule has 1 atom stereocenters. The molecule has 15 heteroatoms. The summed E-state index contributed by atoms with van der Waals surface area (Å²) < 4.78 is 140. The van der Waals surface area contributed by atoms with E-state index in [-0.39, 0.29) is 17.5 Å². The molecule has 1 aromatic heterocycles. The summed E-state index contributed by atoms with van der Waals surface area (Å²) >= 11 is 0. The van der Waals surface area contributed by atoms with Gasteiger partial charge in [-0.1, -0.05) is 30.3 Å². The van der Waals surface area contributed by atoms with Crippen molar-refractivity contribution in [2.75, 3.05) is 0 Å². The van der Waals surface area contributed by atoms with Gasteiger partial charge >= 0.3 is 25.6 Å². The predicted octanol–water partition coefficient (Wildman–Crippen LogP) is 6.21. The maximum atomic E-state index is 13.3. The van der Waals surface area contributed by atoms with Crippen molar-refractivity contribution in [3.8, 4) is 11.5 Å². The number of halogens is 10. The maximum Gasteiger partial charge on any atom is 0.430 e. The largest absolute Gasteiger partial charge is 0.619 e. The van der Waals surface area contributed by atoms with Gasteiger partial charge < -0.3 is 19.8 Å². The van der Waals surface area contributed by atoms with Crippen molar-refractivity contribution < 1.29 is 63.2 Å². The molecule has 3 aromatic rings. The molecule has 0 amide bonds. The number of nitrogens with zero attached hydrogens (tertiary/aromatic N) is 1. The van der Waals surface area contributed by atoms with Gasteiger partial charge in [0, 0.05) is 23.6 Å². The third kappa shape index (κ3) is 6.64. The summed E-state index contributed by atoms with van der Waals surface area (Å²) in [5, 5.41) is 21.0. The number of aromatic nitrogens is 1. The van der Waals surface area contributed by atoms with E-state index < -0.39 is 54.2 Å². The zero-order chi connectivity index (χ0) is 29.2. The Morgan fingerprint density at radius 2 is 1.21 bits per heavy atom. The van der Waals surface area contributed by atoms with E-state index in [1.54, 1.807) is 0 Å². The van der Waals surface area contributed by atoms with E-state index in [2.05, 4.69) is 9.47 Å². The summed E-state index contributed by atoms with van der Waals surface area (Å²) in [5.41, 5.74) is -6.15. The third-order valence-corrected chi connectivity index (χ3v) is 5.66. The lowest BCUT2D eigenvalue weighted by atomic mass is 9.84. The second kappa shape index (κ2) is 11.2. The molecule has 0 saturated heterocycles. The first-order valence-corrected chi connectivity index (χ1v) is 10.7. The average Bonchev–Trinajstić information content (AvgIpc) is 2.82. The Kier molecular flexibility index (Phi) is 8.53. The lowest BCUT2D eigenvalue weighted by Gasteiger charge is -2.33. The number of rotatable bonds is 9. The number of benzene rings is 2. The molecule has 0 aliphatic rings. The Bertz CT molecular complexity index is 1230. The van der Waals surface area contributed by atoms with Crippen molar-refractivity contribution in [3.05, 3.63) is 94.5 Å². The van der Waals surface area contributed by atoms with Crippen LogP contribution in [-0.4, -0.2) is 30.7 Å². The molecule has 0 aliphatic heterocycles. The average molecular weight is 573 g/mol. The van der Waals surface area contributed by atoms with Crippen LogP contribution in [0.1, 0.15) is 28.2 Å². The molecule has 0 saturated carbocycles. The number of hydrogen-bond donors (Lipinski definition) is 1. The maximum absolute atomic E-state index is 13.3. The second-order valence-corrected chi connectivity index (χ2v) is 8.11. The minimum absolute atomic E-state index is 0.0508. The summed E-state index contributed by atoms with van der Waals surface area (Å²) in [4.78, 5) is 0. The molecule has 2 aromatic carbocycles. The number of ether oxygens (including phenoxy) is 2. The SMILES string of the molecule is [O-][n+]1ccc(CC(c2ccc(C(O)(C(F)(F)F)C(F)(F)F)cc2)c2ccc(OC(F)F)c(OC(F)F)c2)cc1. The molecule has 212 valence electrons. The molecule has 0 spiro atoms. The Balaban J connectivity index is 2.12. The fraction of sp³-hybridized carbons (Fsp3) is 0.292. The summed E-state index contributed by atoms with van der Waals surface area (Å²) in [5.74, 6) is -2.55. The fourth-order valence-corrected chi connectivity index (χ4v) is 3.81. The zero-order valence-corrected chi connectivity index (χ0v) is 19.2. The van der Waals surface area contributed by atoms with Crippen LogP contribution in [0.4, 0.5) is 43.9 Å². The highest BCUT2D eigenvalue weighted by molar-refractivity contribution is 5.47. The van der Waals surface area contributed by atoms with E-state index >= 15 is 0 Å². The van der Waals surface area contributed by atoms with Crippen LogP contribution in [0.25, 0.3) is 0 Å². The quantitative estimate of drug-likeness (QED) is 0.188. The van der Waals surface area contributed by atoms with Crippen LogP contribution in [0.3, 0.4) is 0 Å². The molecule has 0 bridgehead atoms. The second-order valence-electron chi connectivity index (χ2n) is 8.11. The predicted molar refractivity (Wildman–Crippen MR) is 113 cm³/mol. The molecular formula is C24H17F10NO4. The van der Waals surface area contributed by atoms with E-state index in [1.807, 2.05) is 0 Å². The summed E-state index contributed by atoms with van der Waals surface area (Å²) in [6, 6.07) is 8.18. The normalized spacial score (nSPS) is 13.6. The summed E-state index contributed by atoms with van der Waals surface area (Å²) in [6.07, 6.45) is -10.1. The summed E-state index contributed by atoms with van der Waals surface area (Å²) in [6.45, 7) is -6.86. The van der Waals surface area contributed by atoms with Crippen LogP contribution in [0.5, 0.6) is 11.5 Å². The van der Waals surface area contributed by atoms with Crippen molar-refractivity contribution in [3.63, 3.8) is 0 Å². The van der Waals surface area contributed by atoms with Gasteiger partial charge in [0.1, 0.15) is 0 Å². The number of alkyl halides is 10. The Labute approximate surface area is 213 Å². The number of aliphatic hydroxyl groups is 1. The molecule has 1 unspecified atom stereocenters. The molecule has 0 radical (unpaired) electrons. The fourth-order valence-electron chi connectivity index (χ4n) is 3.81. The van der Waals surface area contributed by atoms with Gasteiger partial charge in [0.25, 0.3) is 5.60 Å². The smallest absolute Gasteiger partial charge is 0.430 e. The van der Waals surface area contributed by atoms with Gasteiger partial charge in [0.2, 0.25) is 0 Å². The molecule has 0 fully saturated rings.